The Bertz CT molecular complexity index is 773. The van der Waals surface area contributed by atoms with Crippen LogP contribution in [0.25, 0.3) is 0 Å². The molecule has 1 aromatic carbocycles. The molecule has 1 aliphatic rings. The molecule has 2 rings (SSSR count). The lowest BCUT2D eigenvalue weighted by Gasteiger charge is -2.37. The van der Waals surface area contributed by atoms with Gasteiger partial charge in [0.1, 0.15) is 6.04 Å². The van der Waals surface area contributed by atoms with Crippen molar-refractivity contribution in [3.05, 3.63) is 34.9 Å². The van der Waals surface area contributed by atoms with Gasteiger partial charge in [-0.3, -0.25) is 9.59 Å². The van der Waals surface area contributed by atoms with Gasteiger partial charge in [-0.2, -0.15) is 0 Å². The van der Waals surface area contributed by atoms with Gasteiger partial charge in [-0.15, -0.1) is 0 Å². The fourth-order valence-electron chi connectivity index (χ4n) is 3.48. The van der Waals surface area contributed by atoms with Crippen molar-refractivity contribution in [1.82, 2.24) is 20.9 Å². The van der Waals surface area contributed by atoms with E-state index in [1.807, 2.05) is 20.8 Å². The quantitative estimate of drug-likeness (QED) is 0.553. The number of likely N-dealkylation sites (tertiary alicyclic amines) is 1. The van der Waals surface area contributed by atoms with Gasteiger partial charge in [0.05, 0.1) is 17.2 Å². The van der Waals surface area contributed by atoms with E-state index in [4.69, 9.17) is 16.3 Å². The predicted molar refractivity (Wildman–Crippen MR) is 120 cm³/mol. The van der Waals surface area contributed by atoms with Crippen LogP contribution in [0.1, 0.15) is 44.0 Å². The summed E-state index contributed by atoms with van der Waals surface area (Å²) in [6.45, 7) is 7.54. The molecule has 1 aliphatic heterocycles. The molecule has 0 aromatic heterocycles. The van der Waals surface area contributed by atoms with Gasteiger partial charge in [-0.25, -0.2) is 4.79 Å². The number of amides is 4. The second kappa shape index (κ2) is 11.3. The summed E-state index contributed by atoms with van der Waals surface area (Å²) >= 11 is 6.15. The van der Waals surface area contributed by atoms with Crippen LogP contribution in [0.4, 0.5) is 4.79 Å². The molecule has 3 N–H and O–H groups in total. The topological polar surface area (TPSA) is 99.8 Å². The average molecular weight is 453 g/mol. The summed E-state index contributed by atoms with van der Waals surface area (Å²) in [5.74, 6) is -0.770. The molecule has 0 aliphatic carbocycles. The number of carbonyl (C=O) groups excluding carboxylic acids is 3. The highest BCUT2D eigenvalue weighted by Crippen LogP contribution is 2.23. The van der Waals surface area contributed by atoms with E-state index in [1.165, 1.54) is 0 Å². The van der Waals surface area contributed by atoms with Gasteiger partial charge < -0.3 is 25.6 Å². The van der Waals surface area contributed by atoms with Gasteiger partial charge in [0, 0.05) is 32.3 Å². The zero-order valence-corrected chi connectivity index (χ0v) is 19.4. The van der Waals surface area contributed by atoms with Crippen molar-refractivity contribution in [2.24, 2.45) is 5.92 Å². The Morgan fingerprint density at radius 1 is 1.19 bits per heavy atom. The van der Waals surface area contributed by atoms with Gasteiger partial charge in [0.2, 0.25) is 5.91 Å². The molecule has 1 atom stereocenters. The number of rotatable bonds is 7. The van der Waals surface area contributed by atoms with Crippen molar-refractivity contribution < 1.29 is 19.1 Å². The van der Waals surface area contributed by atoms with Crippen LogP contribution in [0.2, 0.25) is 5.02 Å². The standard InChI is InChI=1S/C22H33ClN4O4/c1-22(2,3)26-21(30)27-12-9-15(10-13-27)18(20(29)24-11-14-31-4)25-19(28)16-7-5-6-8-17(16)23/h5-8,15,18H,9-14H2,1-4H3,(H,24,29)(H,25,28)(H,26,30)/t18-/m1/s1. The number of urea groups is 1. The third-order valence-electron chi connectivity index (χ3n) is 5.07. The molecule has 1 heterocycles. The fourth-order valence-corrected chi connectivity index (χ4v) is 3.71. The van der Waals surface area contributed by atoms with E-state index < -0.39 is 11.9 Å². The molecular formula is C22H33ClN4O4. The molecule has 0 radical (unpaired) electrons. The molecule has 1 saturated heterocycles. The first-order valence-corrected chi connectivity index (χ1v) is 10.9. The highest BCUT2D eigenvalue weighted by atomic mass is 35.5. The molecule has 31 heavy (non-hydrogen) atoms. The lowest BCUT2D eigenvalue weighted by Crippen LogP contribution is -2.56. The van der Waals surface area contributed by atoms with Crippen LogP contribution in [-0.2, 0) is 9.53 Å². The summed E-state index contributed by atoms with van der Waals surface area (Å²) in [5, 5.41) is 8.96. The van der Waals surface area contributed by atoms with E-state index in [-0.39, 0.29) is 23.4 Å². The van der Waals surface area contributed by atoms with E-state index in [0.29, 0.717) is 49.7 Å². The van der Waals surface area contributed by atoms with Crippen molar-refractivity contribution >= 4 is 29.4 Å². The minimum Gasteiger partial charge on any atom is -0.383 e. The van der Waals surface area contributed by atoms with Crippen molar-refractivity contribution in [3.63, 3.8) is 0 Å². The lowest BCUT2D eigenvalue weighted by atomic mass is 9.88. The van der Waals surface area contributed by atoms with Gasteiger partial charge in [-0.1, -0.05) is 23.7 Å². The maximum absolute atomic E-state index is 12.9. The maximum Gasteiger partial charge on any atom is 0.317 e. The van der Waals surface area contributed by atoms with Crippen LogP contribution in [-0.4, -0.2) is 67.7 Å². The van der Waals surface area contributed by atoms with Crippen molar-refractivity contribution in [1.29, 1.82) is 0 Å². The fraction of sp³-hybridized carbons (Fsp3) is 0.591. The number of nitrogens with zero attached hydrogens (tertiary/aromatic N) is 1. The maximum atomic E-state index is 12.9. The van der Waals surface area contributed by atoms with E-state index in [2.05, 4.69) is 16.0 Å². The first-order valence-electron chi connectivity index (χ1n) is 10.5. The van der Waals surface area contributed by atoms with Gasteiger partial charge in [-0.05, 0) is 51.7 Å². The number of nitrogens with one attached hydrogen (secondary N) is 3. The molecule has 0 bridgehead atoms. The average Bonchev–Trinajstić information content (AvgIpc) is 2.71. The summed E-state index contributed by atoms with van der Waals surface area (Å²) in [6, 6.07) is 5.88. The number of carbonyl (C=O) groups is 3. The van der Waals surface area contributed by atoms with Crippen molar-refractivity contribution in [2.75, 3.05) is 33.4 Å². The number of methoxy groups -OCH3 is 1. The summed E-state index contributed by atoms with van der Waals surface area (Å²) < 4.78 is 4.99. The minimum atomic E-state index is -0.728. The van der Waals surface area contributed by atoms with Gasteiger partial charge >= 0.3 is 6.03 Å². The Morgan fingerprint density at radius 3 is 2.42 bits per heavy atom. The lowest BCUT2D eigenvalue weighted by molar-refractivity contribution is -0.124. The number of benzene rings is 1. The molecule has 8 nitrogen and oxygen atoms in total. The van der Waals surface area contributed by atoms with Crippen LogP contribution < -0.4 is 16.0 Å². The summed E-state index contributed by atoms with van der Waals surface area (Å²) in [4.78, 5) is 39.9. The van der Waals surface area contributed by atoms with E-state index in [0.717, 1.165) is 0 Å². The molecule has 0 saturated carbocycles. The third-order valence-corrected chi connectivity index (χ3v) is 5.40. The largest absolute Gasteiger partial charge is 0.383 e. The number of hydrogen-bond acceptors (Lipinski definition) is 4. The van der Waals surface area contributed by atoms with Crippen LogP contribution in [0.15, 0.2) is 24.3 Å². The minimum absolute atomic E-state index is 0.104. The molecule has 4 amide bonds. The Kier molecular flexibility index (Phi) is 9.13. The van der Waals surface area contributed by atoms with Crippen molar-refractivity contribution in [3.8, 4) is 0 Å². The van der Waals surface area contributed by atoms with Gasteiger partial charge in [0.15, 0.2) is 0 Å². The summed E-state index contributed by atoms with van der Waals surface area (Å²) in [7, 11) is 1.56. The van der Waals surface area contributed by atoms with Crippen LogP contribution >= 0.6 is 11.6 Å². The third kappa shape index (κ3) is 7.70. The zero-order valence-electron chi connectivity index (χ0n) is 18.7. The second-order valence-corrected chi connectivity index (χ2v) is 9.13. The summed E-state index contributed by atoms with van der Waals surface area (Å²) in [6.07, 6.45) is 1.20. The highest BCUT2D eigenvalue weighted by molar-refractivity contribution is 6.33. The van der Waals surface area contributed by atoms with Crippen LogP contribution in [0.3, 0.4) is 0 Å². The Hall–Kier alpha value is -2.32. The number of piperidine rings is 1. The highest BCUT2D eigenvalue weighted by Gasteiger charge is 2.34. The zero-order chi connectivity index (χ0) is 23.0. The molecule has 0 unspecified atom stereocenters. The predicted octanol–water partition coefficient (Wildman–Crippen LogP) is 2.42. The number of ether oxygens (including phenoxy) is 1. The Labute approximate surface area is 189 Å². The van der Waals surface area contributed by atoms with Crippen LogP contribution in [0.5, 0.6) is 0 Å². The molecule has 172 valence electrons. The van der Waals surface area contributed by atoms with Crippen LogP contribution in [0, 0.1) is 5.92 Å². The molecule has 1 fully saturated rings. The normalized spacial score (nSPS) is 15.8. The Balaban J connectivity index is 2.07. The SMILES string of the molecule is COCCNC(=O)[C@H](NC(=O)c1ccccc1Cl)C1CCN(C(=O)NC(C)(C)C)CC1. The van der Waals surface area contributed by atoms with Gasteiger partial charge in [0.25, 0.3) is 5.91 Å². The summed E-state index contributed by atoms with van der Waals surface area (Å²) in [5.41, 5.74) is 0.00141. The molecule has 0 spiro atoms. The molecule has 9 heteroatoms. The van der Waals surface area contributed by atoms with Crippen molar-refractivity contribution in [2.45, 2.75) is 45.2 Å². The number of hydrogen-bond donors (Lipinski definition) is 3. The smallest absolute Gasteiger partial charge is 0.317 e. The van der Waals surface area contributed by atoms with E-state index in [1.54, 1.807) is 36.3 Å². The number of halogens is 1. The van der Waals surface area contributed by atoms with E-state index >= 15 is 0 Å². The first kappa shape index (κ1) is 24.9. The monoisotopic (exact) mass is 452 g/mol. The first-order chi connectivity index (χ1) is 14.6. The second-order valence-electron chi connectivity index (χ2n) is 8.72. The van der Waals surface area contributed by atoms with E-state index in [9.17, 15) is 14.4 Å². The Morgan fingerprint density at radius 2 is 1.84 bits per heavy atom. The molecule has 1 aromatic rings. The molecular weight excluding hydrogens is 420 g/mol.